The largest absolute Gasteiger partial charge is 0.417 e. The number of hydrogen-bond donors (Lipinski definition) is 0. The first kappa shape index (κ1) is 30.4. The minimum atomic E-state index is -2.81. The molecule has 5 heteroatoms. The Balaban J connectivity index is 0.000000244. The molecule has 4 aromatic rings. The van der Waals surface area contributed by atoms with Gasteiger partial charge in [0.15, 0.2) is 0 Å². The second-order valence-corrected chi connectivity index (χ2v) is 8.79. The first-order valence-corrected chi connectivity index (χ1v) is 11.8. The van der Waals surface area contributed by atoms with Crippen molar-refractivity contribution in [3.63, 3.8) is 0 Å². The van der Waals surface area contributed by atoms with E-state index in [4.69, 9.17) is 0 Å². The highest BCUT2D eigenvalue weighted by molar-refractivity contribution is 5.23. The molecule has 0 unspecified atom stereocenters. The maximum absolute atomic E-state index is 11.7. The lowest BCUT2D eigenvalue weighted by Gasteiger charge is -2.04. The van der Waals surface area contributed by atoms with Crippen molar-refractivity contribution >= 4 is 0 Å². The van der Waals surface area contributed by atoms with Gasteiger partial charge in [-0.2, -0.15) is 8.78 Å². The third-order valence-corrected chi connectivity index (χ3v) is 4.74. The summed E-state index contributed by atoms with van der Waals surface area (Å²) in [5, 5.41) is 0. The number of ether oxygens (including phenoxy) is 1. The Morgan fingerprint density at radius 1 is 0.556 bits per heavy atom. The molecule has 0 atom stereocenters. The minimum Gasteiger partial charge on any atom is -0.417 e. The van der Waals surface area contributed by atoms with Gasteiger partial charge in [-0.1, -0.05) is 76.9 Å². The molecule has 0 amide bonds. The van der Waals surface area contributed by atoms with Crippen LogP contribution in [0, 0.1) is 55.4 Å². The second-order valence-electron chi connectivity index (χ2n) is 8.79. The summed E-state index contributed by atoms with van der Waals surface area (Å²) in [5.41, 5.74) is 9.16. The third kappa shape index (κ3) is 14.6. The maximum Gasteiger partial charge on any atom is 0.388 e. The summed E-state index contributed by atoms with van der Waals surface area (Å²) in [5.74, 6) is -0.0255. The molecular formula is C31H38F2N2O. The lowest BCUT2D eigenvalue weighted by molar-refractivity contribution is -0.0529. The van der Waals surface area contributed by atoms with Crippen LogP contribution in [-0.2, 0) is 0 Å². The van der Waals surface area contributed by atoms with E-state index >= 15 is 0 Å². The van der Waals surface area contributed by atoms with Crippen LogP contribution in [0.2, 0.25) is 0 Å². The van der Waals surface area contributed by atoms with Crippen LogP contribution in [0.5, 0.6) is 5.88 Å². The standard InChI is InChI=1S/C8H9F2NO.2C8H10.C7H9N/c1-5-3-6(2)11-7(4-5)12-8(9)10;1-7-3-5-8(2)6-4-7;1-7-4-3-5-8(2)6-7;1-6-3-4-7(2)8-5-6/h3-4,8H,1-2H3;2*3-6H,1-2H3;3-5H,1-2H3. The fourth-order valence-corrected chi connectivity index (χ4v) is 2.94. The van der Waals surface area contributed by atoms with Crippen LogP contribution < -0.4 is 4.74 Å². The van der Waals surface area contributed by atoms with Gasteiger partial charge in [0.05, 0.1) is 0 Å². The summed E-state index contributed by atoms with van der Waals surface area (Å²) in [4.78, 5) is 7.85. The number of aromatic nitrogens is 2. The predicted octanol–water partition coefficient (Wildman–Crippen LogP) is 8.61. The van der Waals surface area contributed by atoms with Crippen LogP contribution in [0.15, 0.2) is 79.0 Å². The monoisotopic (exact) mass is 492 g/mol. The van der Waals surface area contributed by atoms with Crippen molar-refractivity contribution in [3.8, 4) is 5.88 Å². The van der Waals surface area contributed by atoms with Crippen molar-refractivity contribution in [3.05, 3.63) is 124 Å². The van der Waals surface area contributed by atoms with Gasteiger partial charge in [0.2, 0.25) is 5.88 Å². The number of hydrogen-bond acceptors (Lipinski definition) is 3. The fraction of sp³-hybridized carbons (Fsp3) is 0.290. The molecule has 0 aliphatic rings. The lowest BCUT2D eigenvalue weighted by atomic mass is 10.2. The minimum absolute atomic E-state index is 0.0255. The number of alkyl halides is 2. The zero-order valence-electron chi connectivity index (χ0n) is 22.6. The maximum atomic E-state index is 11.7. The molecule has 0 saturated heterocycles. The van der Waals surface area contributed by atoms with E-state index in [1.165, 1.54) is 33.9 Å². The van der Waals surface area contributed by atoms with E-state index < -0.39 is 6.61 Å². The van der Waals surface area contributed by atoms with Gasteiger partial charge in [0, 0.05) is 23.7 Å². The normalized spacial score (nSPS) is 9.64. The van der Waals surface area contributed by atoms with E-state index in [1.807, 2.05) is 26.1 Å². The first-order valence-electron chi connectivity index (χ1n) is 11.8. The molecule has 2 aromatic carbocycles. The average molecular weight is 493 g/mol. The zero-order chi connectivity index (χ0) is 27.1. The van der Waals surface area contributed by atoms with E-state index in [9.17, 15) is 8.78 Å². The van der Waals surface area contributed by atoms with Crippen molar-refractivity contribution in [2.75, 3.05) is 0 Å². The number of halogens is 2. The van der Waals surface area contributed by atoms with Gasteiger partial charge in [-0.05, 0) is 78.6 Å². The van der Waals surface area contributed by atoms with Crippen molar-refractivity contribution < 1.29 is 13.5 Å². The number of nitrogens with zero attached hydrogens (tertiary/aromatic N) is 2. The summed E-state index contributed by atoms with van der Waals surface area (Å²) in [6.07, 6.45) is 1.87. The summed E-state index contributed by atoms with van der Waals surface area (Å²) in [6.45, 7) is 13.1. The van der Waals surface area contributed by atoms with Crippen LogP contribution in [-0.4, -0.2) is 16.6 Å². The quantitative estimate of drug-likeness (QED) is 0.281. The Labute approximate surface area is 215 Å². The fourth-order valence-electron chi connectivity index (χ4n) is 2.94. The Kier molecular flexibility index (Phi) is 13.6. The molecule has 0 bridgehead atoms. The number of rotatable bonds is 2. The van der Waals surface area contributed by atoms with Gasteiger partial charge >= 0.3 is 6.61 Å². The molecular weight excluding hydrogens is 454 g/mol. The Morgan fingerprint density at radius 3 is 1.44 bits per heavy atom. The highest BCUT2D eigenvalue weighted by atomic mass is 19.3. The molecule has 2 heterocycles. The SMILES string of the molecule is Cc1cc(C)nc(OC(F)F)c1.Cc1ccc(C)cc1.Cc1ccc(C)nc1.Cc1cccc(C)c1. The van der Waals surface area contributed by atoms with Crippen molar-refractivity contribution in [2.45, 2.75) is 62.0 Å². The van der Waals surface area contributed by atoms with Crippen molar-refractivity contribution in [1.82, 2.24) is 9.97 Å². The van der Waals surface area contributed by atoms with E-state index in [2.05, 4.69) is 97.0 Å². The van der Waals surface area contributed by atoms with Gasteiger partial charge in [0.1, 0.15) is 0 Å². The molecule has 0 spiro atoms. The molecule has 4 rings (SSSR count). The first-order chi connectivity index (χ1) is 16.9. The molecule has 0 aliphatic heterocycles. The van der Waals surface area contributed by atoms with E-state index in [-0.39, 0.29) is 5.88 Å². The third-order valence-electron chi connectivity index (χ3n) is 4.74. The van der Waals surface area contributed by atoms with Crippen LogP contribution in [0.4, 0.5) is 8.78 Å². The van der Waals surface area contributed by atoms with Crippen LogP contribution in [0.3, 0.4) is 0 Å². The highest BCUT2D eigenvalue weighted by Gasteiger charge is 2.05. The summed E-state index contributed by atoms with van der Waals surface area (Å²) < 4.78 is 27.6. The molecule has 0 saturated carbocycles. The molecule has 3 nitrogen and oxygen atoms in total. The number of benzene rings is 2. The molecule has 2 aromatic heterocycles. The Bertz CT molecular complexity index is 1040. The summed E-state index contributed by atoms with van der Waals surface area (Å²) >= 11 is 0. The predicted molar refractivity (Wildman–Crippen MR) is 146 cm³/mol. The summed E-state index contributed by atoms with van der Waals surface area (Å²) in [7, 11) is 0. The molecule has 192 valence electrons. The van der Waals surface area contributed by atoms with Crippen molar-refractivity contribution in [2.24, 2.45) is 0 Å². The molecule has 0 N–H and O–H groups in total. The number of pyridine rings is 2. The lowest BCUT2D eigenvalue weighted by Crippen LogP contribution is -2.04. The average Bonchev–Trinajstić information content (AvgIpc) is 2.78. The molecule has 0 fully saturated rings. The molecule has 0 radical (unpaired) electrons. The van der Waals surface area contributed by atoms with Gasteiger partial charge in [-0.15, -0.1) is 0 Å². The number of aryl methyl sites for hydroxylation is 8. The zero-order valence-corrected chi connectivity index (χ0v) is 22.6. The topological polar surface area (TPSA) is 35.0 Å². The Hall–Kier alpha value is -3.60. The van der Waals surface area contributed by atoms with Crippen LogP contribution >= 0.6 is 0 Å². The van der Waals surface area contributed by atoms with E-state index in [0.717, 1.165) is 11.3 Å². The van der Waals surface area contributed by atoms with Gasteiger partial charge in [-0.3, -0.25) is 4.98 Å². The van der Waals surface area contributed by atoms with E-state index in [1.54, 1.807) is 19.9 Å². The van der Waals surface area contributed by atoms with Gasteiger partial charge in [-0.25, -0.2) is 4.98 Å². The van der Waals surface area contributed by atoms with Crippen LogP contribution in [0.1, 0.15) is 44.8 Å². The molecule has 36 heavy (non-hydrogen) atoms. The van der Waals surface area contributed by atoms with Crippen LogP contribution in [0.25, 0.3) is 0 Å². The van der Waals surface area contributed by atoms with Gasteiger partial charge in [0.25, 0.3) is 0 Å². The van der Waals surface area contributed by atoms with E-state index in [0.29, 0.717) is 5.69 Å². The summed E-state index contributed by atoms with van der Waals surface area (Å²) in [6, 6.07) is 24.3. The van der Waals surface area contributed by atoms with Gasteiger partial charge < -0.3 is 4.74 Å². The highest BCUT2D eigenvalue weighted by Crippen LogP contribution is 2.13. The Morgan fingerprint density at radius 2 is 1.08 bits per heavy atom. The smallest absolute Gasteiger partial charge is 0.388 e. The van der Waals surface area contributed by atoms with Crippen molar-refractivity contribution in [1.29, 1.82) is 0 Å². The second kappa shape index (κ2) is 16.1. The molecule has 0 aliphatic carbocycles.